The van der Waals surface area contributed by atoms with Crippen molar-refractivity contribution >= 4 is 17.8 Å². The van der Waals surface area contributed by atoms with Gasteiger partial charge in [0.15, 0.2) is 0 Å². The van der Waals surface area contributed by atoms with Crippen molar-refractivity contribution in [2.45, 2.75) is 18.5 Å². The topological polar surface area (TPSA) is 78.5 Å². The summed E-state index contributed by atoms with van der Waals surface area (Å²) in [7, 11) is 0. The maximum atomic E-state index is 13.0. The van der Waals surface area contributed by atoms with E-state index in [1.807, 2.05) is 5.32 Å². The molecule has 1 aromatic rings. The second-order valence-electron chi connectivity index (χ2n) is 5.45. The molecule has 23 heavy (non-hydrogen) atoms. The molecule has 0 radical (unpaired) electrons. The van der Waals surface area contributed by atoms with Gasteiger partial charge in [-0.05, 0) is 24.0 Å². The van der Waals surface area contributed by atoms with Crippen LogP contribution in [-0.2, 0) is 15.8 Å². The molecule has 122 valence electrons. The normalized spacial score (nSPS) is 23.7. The Labute approximate surface area is 128 Å². The highest BCUT2D eigenvalue weighted by molar-refractivity contribution is 6.02. The molecule has 1 aliphatic heterocycles. The highest BCUT2D eigenvalue weighted by atomic mass is 19.4. The van der Waals surface area contributed by atoms with Crippen LogP contribution >= 0.6 is 0 Å². The standard InChI is InChI=1S/C14H12F3N3O3/c15-14(16,17)10-4-2-1-3-7(10)8-5-9(8)12(22)19-20-6-11(21)18-13(20)23/h1-4,8-9H,5-6H2,(H,19,22)(H,18,21,23)/t8-,9-/m0/s1. The summed E-state index contributed by atoms with van der Waals surface area (Å²) in [5.74, 6) is -2.32. The van der Waals surface area contributed by atoms with E-state index in [4.69, 9.17) is 0 Å². The first-order valence-corrected chi connectivity index (χ1v) is 6.85. The van der Waals surface area contributed by atoms with E-state index in [1.165, 1.54) is 18.2 Å². The van der Waals surface area contributed by atoms with Gasteiger partial charge in [0.05, 0.1) is 5.56 Å². The van der Waals surface area contributed by atoms with Crippen molar-refractivity contribution in [3.63, 3.8) is 0 Å². The van der Waals surface area contributed by atoms with Crippen LogP contribution in [0.5, 0.6) is 0 Å². The van der Waals surface area contributed by atoms with Crippen LogP contribution < -0.4 is 10.7 Å². The molecule has 0 aromatic heterocycles. The fourth-order valence-corrected chi connectivity index (χ4v) is 2.65. The molecule has 1 heterocycles. The summed E-state index contributed by atoms with van der Waals surface area (Å²) in [6, 6.07) is 4.37. The molecule has 1 aromatic carbocycles. The molecule has 2 fully saturated rings. The number of hydrazine groups is 1. The van der Waals surface area contributed by atoms with Gasteiger partial charge >= 0.3 is 12.2 Å². The van der Waals surface area contributed by atoms with Crippen LogP contribution in [-0.4, -0.2) is 29.4 Å². The lowest BCUT2D eigenvalue weighted by Crippen LogP contribution is -2.45. The molecule has 1 saturated carbocycles. The molecule has 6 nitrogen and oxygen atoms in total. The van der Waals surface area contributed by atoms with E-state index in [2.05, 4.69) is 5.43 Å². The largest absolute Gasteiger partial charge is 0.416 e. The zero-order valence-corrected chi connectivity index (χ0v) is 11.7. The number of halogens is 3. The number of benzene rings is 1. The molecule has 0 spiro atoms. The van der Waals surface area contributed by atoms with Crippen molar-refractivity contribution in [2.75, 3.05) is 6.54 Å². The first kappa shape index (κ1) is 15.3. The van der Waals surface area contributed by atoms with Crippen LogP contribution in [0.25, 0.3) is 0 Å². The predicted octanol–water partition coefficient (Wildman–Crippen LogP) is 1.39. The average molecular weight is 327 g/mol. The third kappa shape index (κ3) is 2.99. The van der Waals surface area contributed by atoms with Crippen LogP contribution in [0, 0.1) is 5.92 Å². The second kappa shape index (κ2) is 5.25. The van der Waals surface area contributed by atoms with Crippen molar-refractivity contribution in [2.24, 2.45) is 5.92 Å². The first-order chi connectivity index (χ1) is 10.8. The Morgan fingerprint density at radius 1 is 1.26 bits per heavy atom. The van der Waals surface area contributed by atoms with Gasteiger partial charge in [-0.1, -0.05) is 18.2 Å². The summed E-state index contributed by atoms with van der Waals surface area (Å²) < 4.78 is 39.0. The highest BCUT2D eigenvalue weighted by Gasteiger charge is 2.48. The van der Waals surface area contributed by atoms with E-state index >= 15 is 0 Å². The van der Waals surface area contributed by atoms with E-state index in [-0.39, 0.29) is 18.5 Å². The SMILES string of the molecule is O=C1CN(NC(=O)[C@H]2C[C@H]2c2ccccc2C(F)(F)F)C(=O)N1. The van der Waals surface area contributed by atoms with Crippen molar-refractivity contribution < 1.29 is 27.6 Å². The van der Waals surface area contributed by atoms with E-state index in [1.54, 1.807) is 0 Å². The Balaban J connectivity index is 1.69. The van der Waals surface area contributed by atoms with Gasteiger partial charge in [-0.15, -0.1) is 0 Å². The van der Waals surface area contributed by atoms with E-state index in [9.17, 15) is 27.6 Å². The molecule has 3 rings (SSSR count). The number of rotatable bonds is 3. The van der Waals surface area contributed by atoms with E-state index < -0.39 is 41.4 Å². The molecule has 2 atom stereocenters. The van der Waals surface area contributed by atoms with Gasteiger partial charge in [0.25, 0.3) is 0 Å². The van der Waals surface area contributed by atoms with Crippen molar-refractivity contribution in [3.05, 3.63) is 35.4 Å². The highest BCUT2D eigenvalue weighted by Crippen LogP contribution is 2.51. The number of nitrogens with one attached hydrogen (secondary N) is 2. The number of alkyl halides is 3. The third-order valence-electron chi connectivity index (χ3n) is 3.83. The van der Waals surface area contributed by atoms with Crippen LogP contribution in [0.2, 0.25) is 0 Å². The number of carbonyl (C=O) groups excluding carboxylic acids is 3. The van der Waals surface area contributed by atoms with Crippen LogP contribution in [0.1, 0.15) is 23.5 Å². The quantitative estimate of drug-likeness (QED) is 0.824. The molecule has 4 amide bonds. The number of imide groups is 1. The van der Waals surface area contributed by atoms with Crippen LogP contribution in [0.3, 0.4) is 0 Å². The number of amides is 4. The fourth-order valence-electron chi connectivity index (χ4n) is 2.65. The number of hydrogen-bond acceptors (Lipinski definition) is 3. The van der Waals surface area contributed by atoms with Gasteiger partial charge in [-0.2, -0.15) is 13.2 Å². The average Bonchev–Trinajstić information content (AvgIpc) is 3.20. The van der Waals surface area contributed by atoms with Gasteiger partial charge < -0.3 is 0 Å². The van der Waals surface area contributed by atoms with Crippen LogP contribution in [0.4, 0.5) is 18.0 Å². The summed E-state index contributed by atoms with van der Waals surface area (Å²) in [5, 5.41) is 2.80. The van der Waals surface area contributed by atoms with Crippen molar-refractivity contribution in [1.82, 2.24) is 15.8 Å². The Bertz CT molecular complexity index is 689. The predicted molar refractivity (Wildman–Crippen MR) is 70.7 cm³/mol. The lowest BCUT2D eigenvalue weighted by Gasteiger charge is -2.15. The lowest BCUT2D eigenvalue weighted by molar-refractivity contribution is -0.138. The maximum absolute atomic E-state index is 13.0. The second-order valence-corrected chi connectivity index (χ2v) is 5.45. The molecule has 9 heteroatoms. The smallest absolute Gasteiger partial charge is 0.275 e. The molecule has 1 saturated heterocycles. The molecular weight excluding hydrogens is 315 g/mol. The number of carbonyl (C=O) groups is 3. The summed E-state index contributed by atoms with van der Waals surface area (Å²) in [6.07, 6.45) is -4.22. The molecule has 0 unspecified atom stereocenters. The van der Waals surface area contributed by atoms with Crippen LogP contribution in [0.15, 0.2) is 24.3 Å². The molecule has 0 bridgehead atoms. The number of hydrogen-bond donors (Lipinski definition) is 2. The summed E-state index contributed by atoms with van der Waals surface area (Å²) in [4.78, 5) is 34.4. The van der Waals surface area contributed by atoms with Gasteiger partial charge in [0, 0.05) is 5.92 Å². The Kier molecular flexibility index (Phi) is 3.50. The Hall–Kier alpha value is -2.58. The zero-order valence-electron chi connectivity index (χ0n) is 11.7. The molecule has 1 aliphatic carbocycles. The summed E-state index contributed by atoms with van der Waals surface area (Å²) in [5.41, 5.74) is 1.58. The minimum atomic E-state index is -4.48. The molecular formula is C14H12F3N3O3. The van der Waals surface area contributed by atoms with E-state index in [0.717, 1.165) is 11.1 Å². The Morgan fingerprint density at radius 2 is 1.96 bits per heavy atom. The summed E-state index contributed by atoms with van der Waals surface area (Å²) >= 11 is 0. The monoisotopic (exact) mass is 327 g/mol. The maximum Gasteiger partial charge on any atom is 0.416 e. The van der Waals surface area contributed by atoms with Gasteiger partial charge in [0.2, 0.25) is 11.8 Å². The van der Waals surface area contributed by atoms with Gasteiger partial charge in [-0.3, -0.25) is 20.3 Å². The van der Waals surface area contributed by atoms with Crippen molar-refractivity contribution in [1.29, 1.82) is 0 Å². The van der Waals surface area contributed by atoms with Crippen molar-refractivity contribution in [3.8, 4) is 0 Å². The number of nitrogens with zero attached hydrogens (tertiary/aromatic N) is 1. The minimum Gasteiger partial charge on any atom is -0.275 e. The van der Waals surface area contributed by atoms with Gasteiger partial charge in [0.1, 0.15) is 6.54 Å². The Morgan fingerprint density at radius 3 is 2.57 bits per heavy atom. The number of urea groups is 1. The summed E-state index contributed by atoms with van der Waals surface area (Å²) in [6.45, 7) is -0.304. The third-order valence-corrected chi connectivity index (χ3v) is 3.83. The van der Waals surface area contributed by atoms with Gasteiger partial charge in [-0.25, -0.2) is 9.80 Å². The lowest BCUT2D eigenvalue weighted by atomic mass is 10.0. The first-order valence-electron chi connectivity index (χ1n) is 6.85. The van der Waals surface area contributed by atoms with E-state index in [0.29, 0.717) is 0 Å². The minimum absolute atomic E-state index is 0.0714. The fraction of sp³-hybridized carbons (Fsp3) is 0.357. The molecule has 2 aliphatic rings. The molecule has 2 N–H and O–H groups in total. The zero-order chi connectivity index (χ0) is 16.8.